The van der Waals surface area contributed by atoms with Gasteiger partial charge in [-0.05, 0) is 0 Å². The van der Waals surface area contributed by atoms with Crippen molar-refractivity contribution in [3.05, 3.63) is 33.1 Å². The molecule has 6 N–H and O–H groups in total. The summed E-state index contributed by atoms with van der Waals surface area (Å²) in [5.74, 6) is 0. The van der Waals surface area contributed by atoms with Crippen molar-refractivity contribution in [2.24, 2.45) is 0 Å². The van der Waals surface area contributed by atoms with E-state index in [1.807, 2.05) is 4.98 Å². The summed E-state index contributed by atoms with van der Waals surface area (Å²) in [7, 11) is -12.0. The highest BCUT2D eigenvalue weighted by atomic mass is 31.3. The maximum atomic E-state index is 12.6. The first kappa shape index (κ1) is 28.2. The first-order valence-corrected chi connectivity index (χ1v) is 12.4. The molecule has 11 atom stereocenters. The molecule has 0 spiro atoms. The number of aliphatic hydroxyl groups excluding tert-OH is 5. The van der Waals surface area contributed by atoms with Gasteiger partial charge in [-0.2, -0.15) is 0 Å². The van der Waals surface area contributed by atoms with Gasteiger partial charge in [-0.25, -0.2) is 13.5 Å². The number of H-pyrrole nitrogens is 1. The lowest BCUT2D eigenvalue weighted by atomic mass is 10.1. The number of nitrogens with one attached hydrogen (secondary N) is 1. The lowest BCUT2D eigenvalue weighted by molar-refractivity contribution is -0.268. The second-order valence-corrected chi connectivity index (χ2v) is 10.1. The number of nitrogens with zero attached hydrogens (tertiary/aromatic N) is 1. The molecular formula is C14H19FN2O16P2-2. The molecule has 0 aliphatic carbocycles. The van der Waals surface area contributed by atoms with Crippen LogP contribution in [0.15, 0.2) is 21.9 Å². The third-order valence-corrected chi connectivity index (χ3v) is 7.31. The fraction of sp³-hybridized carbons (Fsp3) is 0.714. The monoisotopic (exact) mass is 552 g/mol. The van der Waals surface area contributed by atoms with Crippen molar-refractivity contribution in [1.29, 1.82) is 0 Å². The van der Waals surface area contributed by atoms with Crippen molar-refractivity contribution in [3.8, 4) is 0 Å². The molecule has 1 aromatic rings. The molecule has 21 heteroatoms. The van der Waals surface area contributed by atoms with Gasteiger partial charge < -0.3 is 44.8 Å². The number of aromatic amines is 1. The molecule has 0 bridgehead atoms. The number of aliphatic hydroxyl groups is 5. The Kier molecular flexibility index (Phi) is 8.47. The first-order chi connectivity index (χ1) is 16.2. The molecule has 2 aliphatic rings. The van der Waals surface area contributed by atoms with Crippen LogP contribution in [0.4, 0.5) is 4.39 Å². The van der Waals surface area contributed by atoms with E-state index in [9.17, 15) is 58.4 Å². The van der Waals surface area contributed by atoms with Gasteiger partial charge in [-0.1, -0.05) is 0 Å². The van der Waals surface area contributed by atoms with Gasteiger partial charge in [-0.3, -0.25) is 32.5 Å². The Bertz CT molecular complexity index is 1110. The van der Waals surface area contributed by atoms with E-state index in [4.69, 9.17) is 4.74 Å². The van der Waals surface area contributed by atoms with Gasteiger partial charge in [0.1, 0.15) is 43.3 Å². The predicted molar refractivity (Wildman–Crippen MR) is 98.4 cm³/mol. The Balaban J connectivity index is 1.66. The normalized spacial score (nSPS) is 37.6. The Morgan fingerprint density at radius 2 is 1.57 bits per heavy atom. The van der Waals surface area contributed by atoms with Crippen molar-refractivity contribution in [1.82, 2.24) is 9.55 Å². The second-order valence-electron chi connectivity index (χ2n) is 7.25. The number of hydrogen-bond donors (Lipinski definition) is 6. The molecule has 2 fully saturated rings. The average molecular weight is 552 g/mol. The van der Waals surface area contributed by atoms with Crippen LogP contribution in [0.2, 0.25) is 0 Å². The Morgan fingerprint density at radius 3 is 2.11 bits per heavy atom. The lowest BCUT2D eigenvalue weighted by Crippen LogP contribution is -2.39. The molecule has 3 rings (SSSR count). The third kappa shape index (κ3) is 6.30. The fourth-order valence-corrected chi connectivity index (χ4v) is 5.30. The molecule has 0 saturated carbocycles. The zero-order chi connectivity index (χ0) is 26.3. The van der Waals surface area contributed by atoms with E-state index in [0.29, 0.717) is 4.57 Å². The molecule has 0 aromatic carbocycles. The molecule has 2 aliphatic heterocycles. The van der Waals surface area contributed by atoms with Crippen LogP contribution < -0.4 is 21.0 Å². The molecule has 2 saturated heterocycles. The number of alkyl halides is 1. The number of phosphoric acid groups is 2. The Morgan fingerprint density at radius 1 is 1.03 bits per heavy atom. The van der Waals surface area contributed by atoms with Gasteiger partial charge in [0, 0.05) is 12.3 Å². The van der Waals surface area contributed by atoms with Crippen LogP contribution >= 0.6 is 15.6 Å². The van der Waals surface area contributed by atoms with Gasteiger partial charge in [0.2, 0.25) is 0 Å². The van der Waals surface area contributed by atoms with Crippen LogP contribution in [-0.4, -0.2) is 91.0 Å². The van der Waals surface area contributed by atoms with Crippen molar-refractivity contribution in [2.45, 2.75) is 55.4 Å². The summed E-state index contributed by atoms with van der Waals surface area (Å²) >= 11 is 0. The van der Waals surface area contributed by atoms with Crippen LogP contribution in [-0.2, 0) is 32.0 Å². The highest BCUT2D eigenvalue weighted by molar-refractivity contribution is 7.59. The van der Waals surface area contributed by atoms with Crippen molar-refractivity contribution in [2.75, 3.05) is 6.67 Å². The van der Waals surface area contributed by atoms with E-state index in [1.165, 1.54) is 0 Å². The van der Waals surface area contributed by atoms with Crippen molar-refractivity contribution < 1.29 is 71.7 Å². The maximum absolute atomic E-state index is 12.6. The number of rotatable bonds is 9. The lowest BCUT2D eigenvalue weighted by Gasteiger charge is -2.33. The predicted octanol–water partition coefficient (Wildman–Crippen LogP) is -5.12. The number of phosphoric ester groups is 2. The minimum atomic E-state index is -6.00. The molecule has 1 aromatic heterocycles. The highest BCUT2D eigenvalue weighted by Crippen LogP contribution is 2.58. The van der Waals surface area contributed by atoms with Crippen LogP contribution in [0.3, 0.4) is 0 Å². The summed E-state index contributed by atoms with van der Waals surface area (Å²) in [4.78, 5) is 48.8. The summed E-state index contributed by atoms with van der Waals surface area (Å²) in [6.07, 6.45) is -17.7. The smallest absolute Gasteiger partial charge is 0.330 e. The summed E-state index contributed by atoms with van der Waals surface area (Å²) in [5, 5.41) is 48.8. The summed E-state index contributed by atoms with van der Waals surface area (Å²) in [5.41, 5.74) is -1.92. The number of ether oxygens (including phenoxy) is 2. The SMILES string of the molecule is O=c1ccn([C@@H]2O[C@H](OP(=O)([O-])OP(=O)([O-])O[C@H]3O[C@@H]([C@H](O)CF)[C@H](O)[C@H]3O)[C@@H](O)[C@H]2O)c(=O)[nH]1. The zero-order valence-electron chi connectivity index (χ0n) is 17.0. The van der Waals surface area contributed by atoms with Crippen molar-refractivity contribution >= 4 is 15.6 Å². The van der Waals surface area contributed by atoms with Gasteiger partial charge >= 0.3 is 5.69 Å². The number of halogens is 1. The first-order valence-electron chi connectivity index (χ1n) is 9.44. The quantitative estimate of drug-likeness (QED) is 0.156. The van der Waals surface area contributed by atoms with Crippen LogP contribution in [0.5, 0.6) is 0 Å². The van der Waals surface area contributed by atoms with E-state index in [1.54, 1.807) is 0 Å². The van der Waals surface area contributed by atoms with E-state index in [-0.39, 0.29) is 0 Å². The van der Waals surface area contributed by atoms with E-state index >= 15 is 0 Å². The molecule has 2 unspecified atom stereocenters. The molecule has 35 heavy (non-hydrogen) atoms. The Labute approximate surface area is 192 Å². The standard InChI is InChI=1S/C14H21FN2O16P2/c15-3-4(18)10-6(20)8(22)12(29-10)31-34(25,26)33-35(27,28)32-13-9(23)7(21)11(30-13)17-2-1-5(19)16-14(17)24/h1-2,4,6-13,18,20-23H,3H2,(H,25,26)(H,27,28)(H,16,19,24)/p-2/t4-,6-,7-,8-,9+,10+,11-,12-,13-/m1/s1. The van der Waals surface area contributed by atoms with E-state index < -0.39 is 89.0 Å². The highest BCUT2D eigenvalue weighted by Gasteiger charge is 2.49. The number of hydrogen-bond acceptors (Lipinski definition) is 16. The summed E-state index contributed by atoms with van der Waals surface area (Å²) < 4.78 is 59.0. The van der Waals surface area contributed by atoms with Crippen LogP contribution in [0.1, 0.15) is 6.23 Å². The van der Waals surface area contributed by atoms with E-state index in [0.717, 1.165) is 12.3 Å². The van der Waals surface area contributed by atoms with Gasteiger partial charge in [0.05, 0.1) is 0 Å². The Hall–Kier alpha value is -1.41. The minimum absolute atomic E-state index is 0.573. The fourth-order valence-electron chi connectivity index (χ4n) is 3.15. The topological polar surface area (TPSA) is 282 Å². The van der Waals surface area contributed by atoms with Gasteiger partial charge in [0.25, 0.3) is 21.2 Å². The zero-order valence-corrected chi connectivity index (χ0v) is 18.8. The number of aromatic nitrogens is 2. The summed E-state index contributed by atoms with van der Waals surface area (Å²) in [6.45, 7) is -1.45. The molecule has 200 valence electrons. The largest absolute Gasteiger partial charge is 0.756 e. The molecule has 0 radical (unpaired) electrons. The van der Waals surface area contributed by atoms with Gasteiger partial charge in [0.15, 0.2) is 18.8 Å². The van der Waals surface area contributed by atoms with E-state index in [2.05, 4.69) is 18.1 Å². The average Bonchev–Trinajstić information content (AvgIpc) is 3.17. The third-order valence-electron chi connectivity index (χ3n) is 4.78. The molecule has 18 nitrogen and oxygen atoms in total. The molecular weight excluding hydrogens is 533 g/mol. The maximum Gasteiger partial charge on any atom is 0.330 e. The minimum Gasteiger partial charge on any atom is -0.756 e. The van der Waals surface area contributed by atoms with Crippen molar-refractivity contribution in [3.63, 3.8) is 0 Å². The summed E-state index contributed by atoms with van der Waals surface area (Å²) in [6, 6.07) is 0.846. The second kappa shape index (κ2) is 10.5. The van der Waals surface area contributed by atoms with Gasteiger partial charge in [-0.15, -0.1) is 0 Å². The van der Waals surface area contributed by atoms with Crippen LogP contribution in [0.25, 0.3) is 0 Å². The molecule has 0 amide bonds. The molecule has 3 heterocycles. The van der Waals surface area contributed by atoms with Crippen LogP contribution in [0, 0.1) is 0 Å².